The highest BCUT2D eigenvalue weighted by Gasteiger charge is 2.20. The van der Waals surface area contributed by atoms with Gasteiger partial charge in [0, 0.05) is 23.8 Å². The van der Waals surface area contributed by atoms with Gasteiger partial charge in [-0.25, -0.2) is 9.97 Å². The largest absolute Gasteiger partial charge is 0.493 e. The molecule has 0 spiro atoms. The summed E-state index contributed by atoms with van der Waals surface area (Å²) in [7, 11) is 0. The first-order valence-electron chi connectivity index (χ1n) is 13.0. The van der Waals surface area contributed by atoms with Gasteiger partial charge in [-0.05, 0) is 94.4 Å². The number of benzene rings is 1. The molecule has 2 aliphatic rings. The van der Waals surface area contributed by atoms with Crippen molar-refractivity contribution in [3.63, 3.8) is 0 Å². The number of rotatable bonds is 8. The number of ether oxygens (including phenoxy) is 2. The van der Waals surface area contributed by atoms with Crippen LogP contribution in [0.15, 0.2) is 30.5 Å². The summed E-state index contributed by atoms with van der Waals surface area (Å²) in [6.45, 7) is 10.2. The first-order valence-corrected chi connectivity index (χ1v) is 13.0. The minimum Gasteiger partial charge on any atom is -0.493 e. The molecule has 2 aliphatic heterocycles. The molecule has 3 aromatic rings. The predicted octanol–water partition coefficient (Wildman–Crippen LogP) is 4.96. The smallest absolute Gasteiger partial charge is 0.234 e. The van der Waals surface area contributed by atoms with Crippen molar-refractivity contribution in [3.8, 4) is 23.1 Å². The molecular weight excluding hydrogens is 438 g/mol. The molecule has 2 fully saturated rings. The van der Waals surface area contributed by atoms with Gasteiger partial charge < -0.3 is 18.9 Å². The highest BCUT2D eigenvalue weighted by Crippen LogP contribution is 2.31. The van der Waals surface area contributed by atoms with Crippen LogP contribution < -0.4 is 4.74 Å². The summed E-state index contributed by atoms with van der Waals surface area (Å²) < 4.78 is 14.1. The van der Waals surface area contributed by atoms with Crippen LogP contribution in [-0.4, -0.2) is 58.4 Å². The number of aromatic nitrogens is 3. The molecule has 35 heavy (non-hydrogen) atoms. The Bertz CT molecular complexity index is 1200. The van der Waals surface area contributed by atoms with E-state index in [1.807, 2.05) is 24.4 Å². The zero-order valence-electron chi connectivity index (χ0n) is 20.9. The van der Waals surface area contributed by atoms with E-state index in [9.17, 15) is 5.26 Å². The van der Waals surface area contributed by atoms with Crippen molar-refractivity contribution < 1.29 is 9.47 Å². The molecule has 0 aliphatic carbocycles. The maximum Gasteiger partial charge on any atom is 0.234 e. The Labute approximate surface area is 207 Å². The Morgan fingerprint density at radius 1 is 1.17 bits per heavy atom. The third kappa shape index (κ3) is 5.34. The topological polar surface area (TPSA) is 76.2 Å². The molecule has 5 rings (SSSR count). The van der Waals surface area contributed by atoms with Crippen molar-refractivity contribution in [1.82, 2.24) is 19.4 Å². The number of nitriles is 1. The third-order valence-corrected chi connectivity index (χ3v) is 7.53. The Morgan fingerprint density at radius 2 is 2.03 bits per heavy atom. The average Bonchev–Trinajstić information content (AvgIpc) is 3.55. The van der Waals surface area contributed by atoms with Gasteiger partial charge in [-0.3, -0.25) is 0 Å². The molecule has 0 saturated carbocycles. The van der Waals surface area contributed by atoms with Gasteiger partial charge in [0.25, 0.3) is 0 Å². The van der Waals surface area contributed by atoms with Crippen molar-refractivity contribution in [2.45, 2.75) is 58.6 Å². The summed E-state index contributed by atoms with van der Waals surface area (Å²) in [5.74, 6) is 1.86. The molecule has 7 nitrogen and oxygen atoms in total. The summed E-state index contributed by atoms with van der Waals surface area (Å²) in [4.78, 5) is 11.6. The van der Waals surface area contributed by atoms with Crippen LogP contribution in [-0.2, 0) is 11.3 Å². The van der Waals surface area contributed by atoms with E-state index >= 15 is 0 Å². The van der Waals surface area contributed by atoms with Gasteiger partial charge in [0.15, 0.2) is 0 Å². The van der Waals surface area contributed by atoms with E-state index < -0.39 is 0 Å². The average molecular weight is 474 g/mol. The van der Waals surface area contributed by atoms with Crippen LogP contribution in [0.3, 0.4) is 0 Å². The zero-order chi connectivity index (χ0) is 24.2. The highest BCUT2D eigenvalue weighted by molar-refractivity contribution is 5.91. The molecule has 0 bridgehead atoms. The molecule has 1 atom stereocenters. The van der Waals surface area contributed by atoms with Crippen molar-refractivity contribution in [2.24, 2.45) is 5.92 Å². The van der Waals surface area contributed by atoms with Crippen molar-refractivity contribution >= 4 is 11.0 Å². The lowest BCUT2D eigenvalue weighted by molar-refractivity contribution is 0.0979. The lowest BCUT2D eigenvalue weighted by Gasteiger charge is -2.30. The van der Waals surface area contributed by atoms with E-state index in [4.69, 9.17) is 9.47 Å². The molecule has 0 N–H and O–H groups in total. The lowest BCUT2D eigenvalue weighted by atomic mass is 9.94. The Kier molecular flexibility index (Phi) is 7.31. The van der Waals surface area contributed by atoms with Gasteiger partial charge >= 0.3 is 0 Å². The first kappa shape index (κ1) is 23.8. The fourth-order valence-corrected chi connectivity index (χ4v) is 5.38. The van der Waals surface area contributed by atoms with Gasteiger partial charge in [-0.2, -0.15) is 5.26 Å². The lowest BCUT2D eigenvalue weighted by Crippen LogP contribution is -2.33. The molecule has 2 saturated heterocycles. The number of fused-ring (bicyclic) bond motifs is 1. The van der Waals surface area contributed by atoms with E-state index in [2.05, 4.69) is 45.4 Å². The molecule has 184 valence electrons. The van der Waals surface area contributed by atoms with E-state index in [-0.39, 0.29) is 11.9 Å². The van der Waals surface area contributed by atoms with Gasteiger partial charge in [-0.15, -0.1) is 0 Å². The first-order chi connectivity index (χ1) is 17.1. The van der Waals surface area contributed by atoms with Gasteiger partial charge in [0.1, 0.15) is 17.5 Å². The highest BCUT2D eigenvalue weighted by atomic mass is 16.5. The van der Waals surface area contributed by atoms with E-state index in [0.29, 0.717) is 0 Å². The van der Waals surface area contributed by atoms with Crippen LogP contribution in [0.1, 0.15) is 50.4 Å². The summed E-state index contributed by atoms with van der Waals surface area (Å²) >= 11 is 0. The molecule has 2 aromatic heterocycles. The van der Waals surface area contributed by atoms with Crippen LogP contribution in [0, 0.1) is 24.2 Å². The second-order valence-corrected chi connectivity index (χ2v) is 9.84. The number of hydrogen-bond acceptors (Lipinski definition) is 6. The van der Waals surface area contributed by atoms with Crippen LogP contribution in [0.2, 0.25) is 0 Å². The number of nitrogens with zero attached hydrogens (tertiary/aromatic N) is 5. The second-order valence-electron chi connectivity index (χ2n) is 9.84. The number of hydrogen-bond donors (Lipinski definition) is 0. The number of likely N-dealkylation sites (tertiary alicyclic amines) is 1. The number of piperidine rings is 1. The van der Waals surface area contributed by atoms with E-state index in [1.165, 1.54) is 25.9 Å². The Morgan fingerprint density at radius 3 is 2.74 bits per heavy atom. The Hall–Kier alpha value is -2.95. The van der Waals surface area contributed by atoms with Crippen molar-refractivity contribution in [2.75, 3.05) is 32.8 Å². The quantitative estimate of drug-likeness (QED) is 0.460. The van der Waals surface area contributed by atoms with E-state index in [0.717, 1.165) is 85.1 Å². The molecule has 0 radical (unpaired) electrons. The third-order valence-electron chi connectivity index (χ3n) is 7.53. The van der Waals surface area contributed by atoms with Crippen LogP contribution in [0.5, 0.6) is 5.75 Å². The predicted molar refractivity (Wildman–Crippen MR) is 136 cm³/mol. The molecule has 1 aromatic carbocycles. The van der Waals surface area contributed by atoms with Gasteiger partial charge in [0.05, 0.1) is 24.9 Å². The maximum absolute atomic E-state index is 9.58. The van der Waals surface area contributed by atoms with Crippen molar-refractivity contribution in [1.29, 1.82) is 5.26 Å². The van der Waals surface area contributed by atoms with Crippen LogP contribution in [0.25, 0.3) is 22.3 Å². The zero-order valence-corrected chi connectivity index (χ0v) is 20.9. The minimum absolute atomic E-state index is 0.187. The number of aryl methyl sites for hydroxylation is 1. The summed E-state index contributed by atoms with van der Waals surface area (Å²) in [5.41, 5.74) is 3.62. The minimum atomic E-state index is 0.187. The standard InChI is InChI=1S/C28H35N5O2/c1-3-32-12-8-21(9-13-32)11-16-35-25-7-6-22(17-20(25)2)27-24-10-14-33(19-23-5-4-15-34-23)28(24)31-26(18-29)30-27/h6-7,10,14,17,21,23H,3-5,8-9,11-13,15-16,19H2,1-2H3. The monoisotopic (exact) mass is 473 g/mol. The molecule has 0 amide bonds. The molecule has 4 heterocycles. The normalized spacial score (nSPS) is 19.3. The second kappa shape index (κ2) is 10.8. The van der Waals surface area contributed by atoms with E-state index in [1.54, 1.807) is 0 Å². The molecule has 7 heteroatoms. The summed E-state index contributed by atoms with van der Waals surface area (Å²) in [6, 6.07) is 10.4. The van der Waals surface area contributed by atoms with Crippen molar-refractivity contribution in [3.05, 3.63) is 41.9 Å². The fourth-order valence-electron chi connectivity index (χ4n) is 5.38. The fraction of sp³-hybridized carbons (Fsp3) is 0.536. The Balaban J connectivity index is 1.31. The van der Waals surface area contributed by atoms with Gasteiger partial charge in [0.2, 0.25) is 5.82 Å². The van der Waals surface area contributed by atoms with Crippen LogP contribution in [0.4, 0.5) is 0 Å². The molecular formula is C28H35N5O2. The summed E-state index contributed by atoms with van der Waals surface area (Å²) in [6.07, 6.45) is 8.03. The maximum atomic E-state index is 9.58. The molecule has 1 unspecified atom stereocenters. The van der Waals surface area contributed by atoms with Gasteiger partial charge in [-0.1, -0.05) is 6.92 Å². The van der Waals surface area contributed by atoms with Crippen LogP contribution >= 0.6 is 0 Å². The SMILES string of the molecule is CCN1CCC(CCOc2ccc(-c3nc(C#N)nc4c3ccn4CC3CCCO3)cc2C)CC1. The summed E-state index contributed by atoms with van der Waals surface area (Å²) in [5, 5.41) is 10.5.